The van der Waals surface area contributed by atoms with Gasteiger partial charge < -0.3 is 10.1 Å². The van der Waals surface area contributed by atoms with Gasteiger partial charge in [0, 0.05) is 25.1 Å². The Kier molecular flexibility index (Phi) is 6.71. The molecule has 0 fully saturated rings. The van der Waals surface area contributed by atoms with E-state index in [0.29, 0.717) is 23.4 Å². The van der Waals surface area contributed by atoms with Gasteiger partial charge in [0.2, 0.25) is 5.91 Å². The molecule has 0 aromatic heterocycles. The van der Waals surface area contributed by atoms with E-state index < -0.39 is 53.6 Å². The van der Waals surface area contributed by atoms with Crippen molar-refractivity contribution in [2.45, 2.75) is 38.3 Å². The molecule has 11 heteroatoms. The number of carbonyl (C=O) groups is 2. The number of ether oxygens (including phenoxy) is 1. The first kappa shape index (κ1) is 24.1. The van der Waals surface area contributed by atoms with Crippen molar-refractivity contribution in [2.75, 3.05) is 0 Å². The molecule has 1 radical (unpaired) electrons. The third-order valence-corrected chi connectivity index (χ3v) is 4.72. The number of esters is 1. The molecule has 2 aromatic rings. The van der Waals surface area contributed by atoms with Gasteiger partial charge in [0.15, 0.2) is 0 Å². The predicted octanol–water partition coefficient (Wildman–Crippen LogP) is 4.95. The lowest BCUT2D eigenvalue weighted by atomic mass is 10.00. The highest BCUT2D eigenvalue weighted by atomic mass is 19.4. The van der Waals surface area contributed by atoms with Crippen LogP contribution in [0.2, 0.25) is 0 Å². The highest BCUT2D eigenvalue weighted by Gasteiger charge is 2.37. The van der Waals surface area contributed by atoms with Crippen LogP contribution in [-0.2, 0) is 33.3 Å². The van der Waals surface area contributed by atoms with Gasteiger partial charge in [-0.1, -0.05) is 18.2 Å². The molecule has 1 atom stereocenters. The Morgan fingerprint density at radius 3 is 2.18 bits per heavy atom. The van der Waals surface area contributed by atoms with E-state index in [9.17, 15) is 35.9 Å². The third kappa shape index (κ3) is 6.05. The molecule has 0 unspecified atom stereocenters. The molecule has 1 amide bonds. The Balaban J connectivity index is 1.77. The van der Waals surface area contributed by atoms with E-state index in [1.165, 1.54) is 6.20 Å². The van der Waals surface area contributed by atoms with E-state index in [1.807, 2.05) is 0 Å². The number of para-hydroxylation sites is 1. The van der Waals surface area contributed by atoms with E-state index in [-0.39, 0.29) is 12.5 Å². The van der Waals surface area contributed by atoms with Crippen LogP contribution in [0, 0.1) is 0 Å². The smallest absolute Gasteiger partial charge is 0.416 e. The van der Waals surface area contributed by atoms with Crippen LogP contribution in [0.25, 0.3) is 5.57 Å². The zero-order valence-corrected chi connectivity index (χ0v) is 17.1. The molecule has 0 spiro atoms. The summed E-state index contributed by atoms with van der Waals surface area (Å²) >= 11 is 0. The Bertz CT molecular complexity index is 1060. The number of nitrogens with one attached hydrogen (secondary N) is 1. The molecule has 5 nitrogen and oxygen atoms in total. The number of fused-ring (bicyclic) bond motifs is 1. The van der Waals surface area contributed by atoms with E-state index in [1.54, 1.807) is 24.3 Å². The quantitative estimate of drug-likeness (QED) is 0.479. The van der Waals surface area contributed by atoms with Crippen molar-refractivity contribution in [1.29, 1.82) is 0 Å². The number of amides is 1. The maximum Gasteiger partial charge on any atom is 0.416 e. The van der Waals surface area contributed by atoms with Gasteiger partial charge in [0.05, 0.1) is 16.8 Å². The Morgan fingerprint density at radius 2 is 1.61 bits per heavy atom. The first-order valence-electron chi connectivity index (χ1n) is 9.56. The molecule has 1 N–H and O–H groups in total. The van der Waals surface area contributed by atoms with Gasteiger partial charge in [-0.25, -0.2) is 4.79 Å². The van der Waals surface area contributed by atoms with Crippen molar-refractivity contribution in [3.05, 3.63) is 70.9 Å². The molecule has 0 aliphatic carbocycles. The van der Waals surface area contributed by atoms with Crippen LogP contribution in [-0.4, -0.2) is 17.9 Å². The van der Waals surface area contributed by atoms with Crippen LogP contribution in [0.1, 0.15) is 35.6 Å². The Morgan fingerprint density at radius 1 is 1.00 bits per heavy atom. The highest BCUT2D eigenvalue weighted by molar-refractivity contribution is 5.87. The van der Waals surface area contributed by atoms with Crippen molar-refractivity contribution in [2.24, 2.45) is 0 Å². The summed E-state index contributed by atoms with van der Waals surface area (Å²) in [7, 11) is 0. The summed E-state index contributed by atoms with van der Waals surface area (Å²) in [6.45, 7) is 0.311. The SMILES string of the molecule is CC(=O)N[C@@H](CC1=C[N]c2ccccc21)C(=O)OCc1cc(C(F)(F)F)cc(C(F)(F)F)c1. The lowest BCUT2D eigenvalue weighted by Gasteiger charge is -2.18. The molecule has 1 aliphatic rings. The third-order valence-electron chi connectivity index (χ3n) is 4.72. The number of nitrogens with zero attached hydrogens (tertiary/aromatic N) is 1. The Labute approximate surface area is 184 Å². The number of rotatable bonds is 6. The summed E-state index contributed by atoms with van der Waals surface area (Å²) in [5.41, 5.74) is -1.53. The molecule has 1 aliphatic heterocycles. The average molecular weight is 471 g/mol. The maximum absolute atomic E-state index is 13.0. The second-order valence-corrected chi connectivity index (χ2v) is 7.28. The molecule has 1 heterocycles. The topological polar surface area (TPSA) is 69.5 Å². The monoisotopic (exact) mass is 471 g/mol. The van der Waals surface area contributed by atoms with Gasteiger partial charge >= 0.3 is 18.3 Å². The molecule has 0 bridgehead atoms. The number of alkyl halides is 6. The molecule has 33 heavy (non-hydrogen) atoms. The summed E-state index contributed by atoms with van der Waals surface area (Å²) in [5.74, 6) is -1.58. The van der Waals surface area contributed by atoms with Crippen LogP contribution in [0.3, 0.4) is 0 Å². The van der Waals surface area contributed by atoms with E-state index in [0.717, 1.165) is 12.5 Å². The van der Waals surface area contributed by atoms with Crippen LogP contribution in [0.15, 0.2) is 48.7 Å². The van der Waals surface area contributed by atoms with Gasteiger partial charge in [-0.15, -0.1) is 0 Å². The molecule has 175 valence electrons. The van der Waals surface area contributed by atoms with Gasteiger partial charge in [-0.05, 0) is 35.4 Å². The van der Waals surface area contributed by atoms with Crippen molar-refractivity contribution in [1.82, 2.24) is 10.6 Å². The minimum Gasteiger partial charge on any atom is -0.459 e. The van der Waals surface area contributed by atoms with Crippen LogP contribution in [0.4, 0.5) is 32.0 Å². The molecule has 2 aromatic carbocycles. The minimum atomic E-state index is -5.02. The zero-order valence-electron chi connectivity index (χ0n) is 17.1. The zero-order chi connectivity index (χ0) is 24.4. The minimum absolute atomic E-state index is 0.0149. The summed E-state index contributed by atoms with van der Waals surface area (Å²) in [4.78, 5) is 24.1. The van der Waals surface area contributed by atoms with Crippen molar-refractivity contribution in [3.8, 4) is 0 Å². The maximum atomic E-state index is 13.0. The lowest BCUT2D eigenvalue weighted by molar-refractivity contribution is -0.148. The van der Waals surface area contributed by atoms with E-state index >= 15 is 0 Å². The lowest BCUT2D eigenvalue weighted by Crippen LogP contribution is -2.40. The van der Waals surface area contributed by atoms with Crippen molar-refractivity contribution < 1.29 is 40.7 Å². The Hall–Kier alpha value is -3.50. The largest absolute Gasteiger partial charge is 0.459 e. The van der Waals surface area contributed by atoms with Gasteiger partial charge in [0.25, 0.3) is 0 Å². The fourth-order valence-electron chi connectivity index (χ4n) is 3.25. The fourth-order valence-corrected chi connectivity index (χ4v) is 3.25. The number of benzene rings is 2. The first-order valence-corrected chi connectivity index (χ1v) is 9.56. The van der Waals surface area contributed by atoms with Crippen LogP contribution in [0.5, 0.6) is 0 Å². The van der Waals surface area contributed by atoms with Gasteiger partial charge in [0.1, 0.15) is 12.6 Å². The first-order chi connectivity index (χ1) is 15.3. The standard InChI is InChI=1S/C22H17F6N2O3/c1-12(31)30-19(8-14-10-29-18-5-3-2-4-17(14)18)20(32)33-11-13-6-15(21(23,24)25)9-16(7-13)22(26,27)28/h2-7,9-10,19H,8,11H2,1H3,(H,30,31)/t19-/m0/s1. The van der Waals surface area contributed by atoms with Gasteiger partial charge in [-0.3, -0.25) is 10.1 Å². The van der Waals surface area contributed by atoms with Crippen LogP contribution < -0.4 is 10.6 Å². The summed E-state index contributed by atoms with van der Waals surface area (Å²) < 4.78 is 83.1. The summed E-state index contributed by atoms with van der Waals surface area (Å²) in [6.07, 6.45) is -8.57. The predicted molar refractivity (Wildman–Crippen MR) is 105 cm³/mol. The van der Waals surface area contributed by atoms with Gasteiger partial charge in [-0.2, -0.15) is 26.3 Å². The highest BCUT2D eigenvalue weighted by Crippen LogP contribution is 2.37. The summed E-state index contributed by atoms with van der Waals surface area (Å²) in [6, 6.07) is 6.75. The second kappa shape index (κ2) is 9.16. The molecule has 0 saturated carbocycles. The van der Waals surface area contributed by atoms with Crippen LogP contribution >= 0.6 is 0 Å². The molecule has 0 saturated heterocycles. The second-order valence-electron chi connectivity index (χ2n) is 7.28. The van der Waals surface area contributed by atoms with Crippen molar-refractivity contribution in [3.63, 3.8) is 0 Å². The number of hydrogen-bond acceptors (Lipinski definition) is 3. The summed E-state index contributed by atoms with van der Waals surface area (Å²) in [5, 5.41) is 6.58. The van der Waals surface area contributed by atoms with Crippen molar-refractivity contribution >= 4 is 23.1 Å². The molecular weight excluding hydrogens is 454 g/mol. The number of hydrogen-bond donors (Lipinski definition) is 1. The normalized spacial score (nSPS) is 14.1. The molecular formula is C22H17F6N2O3. The fraction of sp³-hybridized carbons (Fsp3) is 0.273. The number of carbonyl (C=O) groups excluding carboxylic acids is 2. The molecule has 3 rings (SSSR count). The average Bonchev–Trinajstić information content (AvgIpc) is 3.12. The van der Waals surface area contributed by atoms with E-state index in [2.05, 4.69) is 10.6 Å². The van der Waals surface area contributed by atoms with E-state index in [4.69, 9.17) is 4.74 Å². The number of halogens is 6.